The molecule has 1 aliphatic heterocycles. The van der Waals surface area contributed by atoms with Crippen molar-refractivity contribution in [3.05, 3.63) is 30.5 Å². The molecule has 0 amide bonds. The second-order valence-corrected chi connectivity index (χ2v) is 3.93. The molecule has 0 radical (unpaired) electrons. The molecule has 0 spiro atoms. The SMILES string of the molecule is Cl.c1ccc2nc(O[C@@H]3CCNC3)cnc2c1. The van der Waals surface area contributed by atoms with E-state index in [1.807, 2.05) is 24.3 Å². The van der Waals surface area contributed by atoms with Gasteiger partial charge in [-0.05, 0) is 25.1 Å². The van der Waals surface area contributed by atoms with E-state index in [1.54, 1.807) is 6.20 Å². The van der Waals surface area contributed by atoms with Crippen LogP contribution in [0.4, 0.5) is 0 Å². The Labute approximate surface area is 106 Å². The summed E-state index contributed by atoms with van der Waals surface area (Å²) in [5, 5.41) is 3.26. The van der Waals surface area contributed by atoms with Crippen molar-refractivity contribution in [2.75, 3.05) is 13.1 Å². The van der Waals surface area contributed by atoms with E-state index in [2.05, 4.69) is 15.3 Å². The molecule has 1 aromatic carbocycles. The lowest BCUT2D eigenvalue weighted by molar-refractivity contribution is 0.214. The van der Waals surface area contributed by atoms with Gasteiger partial charge in [0.15, 0.2) is 0 Å². The number of benzene rings is 1. The number of halogens is 1. The second-order valence-electron chi connectivity index (χ2n) is 3.93. The zero-order valence-corrected chi connectivity index (χ0v) is 10.1. The number of ether oxygens (including phenoxy) is 1. The van der Waals surface area contributed by atoms with Crippen LogP contribution in [0.15, 0.2) is 30.5 Å². The average Bonchev–Trinajstić information content (AvgIpc) is 2.82. The first-order valence-electron chi connectivity index (χ1n) is 5.51. The van der Waals surface area contributed by atoms with E-state index in [0.717, 1.165) is 30.5 Å². The molecule has 90 valence electrons. The van der Waals surface area contributed by atoms with E-state index in [0.29, 0.717) is 5.88 Å². The fourth-order valence-electron chi connectivity index (χ4n) is 1.90. The molecule has 0 unspecified atom stereocenters. The summed E-state index contributed by atoms with van der Waals surface area (Å²) >= 11 is 0. The van der Waals surface area contributed by atoms with Crippen LogP contribution in [0, 0.1) is 0 Å². The molecule has 0 saturated carbocycles. The van der Waals surface area contributed by atoms with E-state index in [-0.39, 0.29) is 18.5 Å². The van der Waals surface area contributed by atoms with Gasteiger partial charge in [0.25, 0.3) is 0 Å². The summed E-state index contributed by atoms with van der Waals surface area (Å²) in [7, 11) is 0. The fourth-order valence-corrected chi connectivity index (χ4v) is 1.90. The lowest BCUT2D eigenvalue weighted by Gasteiger charge is -2.11. The first kappa shape index (κ1) is 12.1. The lowest BCUT2D eigenvalue weighted by atomic mass is 10.3. The number of fused-ring (bicyclic) bond motifs is 1. The van der Waals surface area contributed by atoms with Crippen LogP contribution < -0.4 is 10.1 Å². The highest BCUT2D eigenvalue weighted by Gasteiger charge is 2.16. The van der Waals surface area contributed by atoms with Gasteiger partial charge in [-0.1, -0.05) is 12.1 Å². The Morgan fingerprint density at radius 3 is 2.82 bits per heavy atom. The first-order valence-corrected chi connectivity index (χ1v) is 5.51. The maximum absolute atomic E-state index is 5.75. The molecule has 0 aliphatic carbocycles. The van der Waals surface area contributed by atoms with Crippen molar-refractivity contribution < 1.29 is 4.74 Å². The Hall–Kier alpha value is -1.39. The minimum absolute atomic E-state index is 0. The monoisotopic (exact) mass is 251 g/mol. The van der Waals surface area contributed by atoms with E-state index in [9.17, 15) is 0 Å². The van der Waals surface area contributed by atoms with Gasteiger partial charge in [0.2, 0.25) is 5.88 Å². The third-order valence-corrected chi connectivity index (χ3v) is 2.73. The molecule has 17 heavy (non-hydrogen) atoms. The predicted molar refractivity (Wildman–Crippen MR) is 68.7 cm³/mol. The van der Waals surface area contributed by atoms with E-state index in [1.165, 1.54) is 0 Å². The van der Waals surface area contributed by atoms with Gasteiger partial charge in [-0.15, -0.1) is 12.4 Å². The van der Waals surface area contributed by atoms with Gasteiger partial charge < -0.3 is 10.1 Å². The normalized spacial score (nSPS) is 18.9. The maximum Gasteiger partial charge on any atom is 0.233 e. The summed E-state index contributed by atoms with van der Waals surface area (Å²) in [4.78, 5) is 8.74. The second kappa shape index (κ2) is 5.29. The van der Waals surface area contributed by atoms with Crippen molar-refractivity contribution in [3.8, 4) is 5.88 Å². The number of hydrogen-bond donors (Lipinski definition) is 1. The van der Waals surface area contributed by atoms with Crippen molar-refractivity contribution in [1.82, 2.24) is 15.3 Å². The minimum atomic E-state index is 0. The molecule has 1 saturated heterocycles. The van der Waals surface area contributed by atoms with Crippen molar-refractivity contribution in [2.24, 2.45) is 0 Å². The van der Waals surface area contributed by atoms with Crippen LogP contribution in [0.5, 0.6) is 5.88 Å². The number of para-hydroxylation sites is 2. The van der Waals surface area contributed by atoms with Crippen molar-refractivity contribution in [1.29, 1.82) is 0 Å². The van der Waals surface area contributed by atoms with Gasteiger partial charge >= 0.3 is 0 Å². The third-order valence-electron chi connectivity index (χ3n) is 2.73. The van der Waals surface area contributed by atoms with Crippen molar-refractivity contribution in [3.63, 3.8) is 0 Å². The molecule has 4 nitrogen and oxygen atoms in total. The zero-order chi connectivity index (χ0) is 10.8. The van der Waals surface area contributed by atoms with Crippen LogP contribution in [-0.4, -0.2) is 29.2 Å². The smallest absolute Gasteiger partial charge is 0.233 e. The summed E-state index contributed by atoms with van der Waals surface area (Å²) in [5.74, 6) is 0.618. The number of nitrogens with one attached hydrogen (secondary N) is 1. The minimum Gasteiger partial charge on any atom is -0.472 e. The highest BCUT2D eigenvalue weighted by Crippen LogP contribution is 2.15. The molecular weight excluding hydrogens is 238 g/mol. The van der Waals surface area contributed by atoms with Gasteiger partial charge in [-0.2, -0.15) is 0 Å². The first-order chi connectivity index (χ1) is 7.92. The van der Waals surface area contributed by atoms with Gasteiger partial charge in [-0.25, -0.2) is 9.97 Å². The van der Waals surface area contributed by atoms with Crippen LogP contribution in [0.3, 0.4) is 0 Å². The molecule has 1 aromatic heterocycles. The third kappa shape index (κ3) is 2.65. The summed E-state index contributed by atoms with van der Waals surface area (Å²) in [5.41, 5.74) is 1.78. The maximum atomic E-state index is 5.75. The molecule has 1 atom stereocenters. The molecule has 2 aromatic rings. The van der Waals surface area contributed by atoms with Gasteiger partial charge in [0.1, 0.15) is 6.10 Å². The Balaban J connectivity index is 0.00000108. The van der Waals surface area contributed by atoms with Crippen LogP contribution >= 0.6 is 12.4 Å². The number of nitrogens with zero attached hydrogens (tertiary/aromatic N) is 2. The quantitative estimate of drug-likeness (QED) is 0.884. The number of hydrogen-bond acceptors (Lipinski definition) is 4. The van der Waals surface area contributed by atoms with Gasteiger partial charge in [0.05, 0.1) is 17.2 Å². The summed E-state index contributed by atoms with van der Waals surface area (Å²) in [6, 6.07) is 7.81. The van der Waals surface area contributed by atoms with Crippen molar-refractivity contribution >= 4 is 23.4 Å². The summed E-state index contributed by atoms with van der Waals surface area (Å²) in [6.45, 7) is 1.92. The molecule has 0 bridgehead atoms. The van der Waals surface area contributed by atoms with Crippen LogP contribution in [0.2, 0.25) is 0 Å². The largest absolute Gasteiger partial charge is 0.472 e. The summed E-state index contributed by atoms with van der Waals surface area (Å²) < 4.78 is 5.75. The fraction of sp³-hybridized carbons (Fsp3) is 0.333. The molecule has 3 rings (SSSR count). The lowest BCUT2D eigenvalue weighted by Crippen LogP contribution is -2.20. The molecular formula is C12H14ClN3O. The Morgan fingerprint density at radius 1 is 1.24 bits per heavy atom. The molecule has 1 aliphatic rings. The van der Waals surface area contributed by atoms with Crippen LogP contribution in [0.1, 0.15) is 6.42 Å². The Morgan fingerprint density at radius 2 is 2.06 bits per heavy atom. The zero-order valence-electron chi connectivity index (χ0n) is 9.30. The average molecular weight is 252 g/mol. The molecule has 1 fully saturated rings. The number of rotatable bonds is 2. The Bertz CT molecular complexity index is 500. The van der Waals surface area contributed by atoms with E-state index < -0.39 is 0 Å². The number of aromatic nitrogens is 2. The highest BCUT2D eigenvalue weighted by molar-refractivity contribution is 5.85. The van der Waals surface area contributed by atoms with E-state index in [4.69, 9.17) is 4.74 Å². The van der Waals surface area contributed by atoms with Crippen LogP contribution in [0.25, 0.3) is 11.0 Å². The molecule has 2 heterocycles. The van der Waals surface area contributed by atoms with E-state index >= 15 is 0 Å². The summed E-state index contributed by atoms with van der Waals surface area (Å²) in [6.07, 6.45) is 2.96. The predicted octanol–water partition coefficient (Wildman–Crippen LogP) is 1.79. The molecule has 5 heteroatoms. The van der Waals surface area contributed by atoms with Crippen molar-refractivity contribution in [2.45, 2.75) is 12.5 Å². The topological polar surface area (TPSA) is 47.0 Å². The Kier molecular flexibility index (Phi) is 3.76. The standard InChI is InChI=1S/C12H13N3O.ClH/c1-2-4-11-10(3-1)14-8-12(15-11)16-9-5-6-13-7-9;/h1-4,8-9,13H,5-7H2;1H/t9-;/m1./s1. The van der Waals surface area contributed by atoms with Crippen LogP contribution in [-0.2, 0) is 0 Å². The molecule has 1 N–H and O–H groups in total. The van der Waals surface area contributed by atoms with Gasteiger partial charge in [0, 0.05) is 6.54 Å². The van der Waals surface area contributed by atoms with Gasteiger partial charge in [-0.3, -0.25) is 0 Å². The highest BCUT2D eigenvalue weighted by atomic mass is 35.5.